The predicted octanol–water partition coefficient (Wildman–Crippen LogP) is 3.52. The van der Waals surface area contributed by atoms with E-state index in [4.69, 9.17) is 0 Å². The Hall–Kier alpha value is -2.36. The van der Waals surface area contributed by atoms with Crippen LogP contribution in [0.25, 0.3) is 0 Å². The zero-order valence-electron chi connectivity index (χ0n) is 10.1. The second kappa shape index (κ2) is 5.31. The Balaban J connectivity index is 2.06. The zero-order valence-corrected chi connectivity index (χ0v) is 10.1. The van der Waals surface area contributed by atoms with E-state index in [9.17, 15) is 10.1 Å². The lowest BCUT2D eigenvalue weighted by atomic mass is 10.1. The van der Waals surface area contributed by atoms with Crippen molar-refractivity contribution in [1.82, 2.24) is 0 Å². The van der Waals surface area contributed by atoms with Gasteiger partial charge in [0.05, 0.1) is 4.92 Å². The third-order valence-electron chi connectivity index (χ3n) is 2.64. The summed E-state index contributed by atoms with van der Waals surface area (Å²) in [5.41, 5.74) is 3.21. The summed E-state index contributed by atoms with van der Waals surface area (Å²) in [5, 5.41) is 13.8. The van der Waals surface area contributed by atoms with Gasteiger partial charge >= 0.3 is 0 Å². The number of nitrogens with zero attached hydrogens (tertiary/aromatic N) is 1. The third kappa shape index (κ3) is 3.07. The lowest BCUT2D eigenvalue weighted by molar-refractivity contribution is -0.384. The molecular formula is C14H14N2O2. The quantitative estimate of drug-likeness (QED) is 0.659. The van der Waals surface area contributed by atoms with Gasteiger partial charge in [0, 0.05) is 24.4 Å². The number of hydrogen-bond acceptors (Lipinski definition) is 3. The Bertz CT molecular complexity index is 567. The summed E-state index contributed by atoms with van der Waals surface area (Å²) in [6.07, 6.45) is 0. The number of hydrogen-bond donors (Lipinski definition) is 1. The van der Waals surface area contributed by atoms with Crippen molar-refractivity contribution in [3.63, 3.8) is 0 Å². The molecule has 0 saturated heterocycles. The van der Waals surface area contributed by atoms with Crippen LogP contribution in [0, 0.1) is 17.0 Å². The molecule has 0 amide bonds. The van der Waals surface area contributed by atoms with Crippen molar-refractivity contribution in [1.29, 1.82) is 0 Å². The van der Waals surface area contributed by atoms with E-state index in [1.807, 2.05) is 31.2 Å². The molecule has 0 radical (unpaired) electrons. The summed E-state index contributed by atoms with van der Waals surface area (Å²) in [6.45, 7) is 2.69. The van der Waals surface area contributed by atoms with Gasteiger partial charge in [0.2, 0.25) is 0 Å². The Labute approximate surface area is 105 Å². The number of rotatable bonds is 4. The molecule has 4 heteroatoms. The fourth-order valence-electron chi connectivity index (χ4n) is 1.76. The Kier molecular flexibility index (Phi) is 3.57. The highest BCUT2D eigenvalue weighted by atomic mass is 16.6. The van der Waals surface area contributed by atoms with Gasteiger partial charge < -0.3 is 5.32 Å². The highest BCUT2D eigenvalue weighted by Crippen LogP contribution is 2.17. The highest BCUT2D eigenvalue weighted by molar-refractivity contribution is 5.51. The van der Waals surface area contributed by atoms with Crippen molar-refractivity contribution in [3.05, 3.63) is 69.8 Å². The molecule has 0 aliphatic rings. The molecule has 0 spiro atoms. The van der Waals surface area contributed by atoms with Crippen molar-refractivity contribution < 1.29 is 4.92 Å². The fraction of sp³-hybridized carbons (Fsp3) is 0.143. The molecule has 1 N–H and O–H groups in total. The molecule has 4 nitrogen and oxygen atoms in total. The Morgan fingerprint density at radius 3 is 2.67 bits per heavy atom. The summed E-state index contributed by atoms with van der Waals surface area (Å²) < 4.78 is 0. The van der Waals surface area contributed by atoms with Gasteiger partial charge in [0.25, 0.3) is 5.69 Å². The predicted molar refractivity (Wildman–Crippen MR) is 71.6 cm³/mol. The molecule has 0 aliphatic carbocycles. The second-order valence-corrected chi connectivity index (χ2v) is 4.15. The number of anilines is 1. The molecule has 0 atom stereocenters. The largest absolute Gasteiger partial charge is 0.381 e. The molecule has 92 valence electrons. The van der Waals surface area contributed by atoms with Crippen molar-refractivity contribution in [2.45, 2.75) is 13.5 Å². The highest BCUT2D eigenvalue weighted by Gasteiger charge is 2.05. The molecule has 0 aromatic heterocycles. The Morgan fingerprint density at radius 1 is 1.17 bits per heavy atom. The number of benzene rings is 2. The van der Waals surface area contributed by atoms with E-state index in [0.717, 1.165) is 11.3 Å². The normalized spacial score (nSPS) is 10.1. The van der Waals surface area contributed by atoms with Crippen LogP contribution in [0.4, 0.5) is 11.4 Å². The molecule has 2 aromatic rings. The third-order valence-corrected chi connectivity index (χ3v) is 2.64. The van der Waals surface area contributed by atoms with Gasteiger partial charge in [-0.25, -0.2) is 0 Å². The van der Waals surface area contributed by atoms with Crippen LogP contribution in [0.5, 0.6) is 0 Å². The first kappa shape index (κ1) is 12.1. The lowest BCUT2D eigenvalue weighted by Crippen LogP contribution is -2.00. The van der Waals surface area contributed by atoms with Crippen LogP contribution in [0.15, 0.2) is 48.5 Å². The van der Waals surface area contributed by atoms with Crippen molar-refractivity contribution >= 4 is 11.4 Å². The van der Waals surface area contributed by atoms with Crippen LogP contribution >= 0.6 is 0 Å². The average molecular weight is 242 g/mol. The van der Waals surface area contributed by atoms with Crippen LogP contribution in [-0.4, -0.2) is 4.92 Å². The summed E-state index contributed by atoms with van der Waals surface area (Å²) in [6, 6.07) is 14.7. The molecule has 0 unspecified atom stereocenters. The summed E-state index contributed by atoms with van der Waals surface area (Å²) in [7, 11) is 0. The van der Waals surface area contributed by atoms with Crippen LogP contribution < -0.4 is 5.32 Å². The molecule has 18 heavy (non-hydrogen) atoms. The first-order valence-corrected chi connectivity index (χ1v) is 5.69. The van der Waals surface area contributed by atoms with Gasteiger partial charge in [-0.1, -0.05) is 35.9 Å². The monoisotopic (exact) mass is 242 g/mol. The first-order chi connectivity index (χ1) is 8.65. The molecule has 2 rings (SSSR count). The van der Waals surface area contributed by atoms with Gasteiger partial charge in [-0.15, -0.1) is 0 Å². The minimum absolute atomic E-state index is 0.101. The van der Waals surface area contributed by atoms with Gasteiger partial charge in [0.15, 0.2) is 0 Å². The topological polar surface area (TPSA) is 55.2 Å². The number of nitro groups is 1. The van der Waals surface area contributed by atoms with Crippen LogP contribution in [0.2, 0.25) is 0 Å². The van der Waals surface area contributed by atoms with Crippen LogP contribution in [-0.2, 0) is 6.54 Å². The molecule has 0 heterocycles. The smallest absolute Gasteiger partial charge is 0.271 e. The van der Waals surface area contributed by atoms with E-state index in [1.165, 1.54) is 17.7 Å². The van der Waals surface area contributed by atoms with E-state index in [2.05, 4.69) is 11.4 Å². The van der Waals surface area contributed by atoms with Crippen molar-refractivity contribution in [2.24, 2.45) is 0 Å². The lowest BCUT2D eigenvalue weighted by Gasteiger charge is -2.06. The maximum atomic E-state index is 10.6. The van der Waals surface area contributed by atoms with E-state index < -0.39 is 4.92 Å². The zero-order chi connectivity index (χ0) is 13.0. The molecule has 0 saturated carbocycles. The molecule has 0 aliphatic heterocycles. The van der Waals surface area contributed by atoms with Gasteiger partial charge in [-0.2, -0.15) is 0 Å². The second-order valence-electron chi connectivity index (χ2n) is 4.15. The molecule has 0 bridgehead atoms. The van der Waals surface area contributed by atoms with Crippen molar-refractivity contribution in [2.75, 3.05) is 5.32 Å². The maximum absolute atomic E-state index is 10.6. The number of aryl methyl sites for hydroxylation is 1. The van der Waals surface area contributed by atoms with Crippen LogP contribution in [0.3, 0.4) is 0 Å². The van der Waals surface area contributed by atoms with Gasteiger partial charge in [-0.05, 0) is 18.6 Å². The van der Waals surface area contributed by atoms with E-state index in [-0.39, 0.29) is 5.69 Å². The summed E-state index contributed by atoms with van der Waals surface area (Å²) >= 11 is 0. The van der Waals surface area contributed by atoms with E-state index >= 15 is 0 Å². The molecular weight excluding hydrogens is 228 g/mol. The maximum Gasteiger partial charge on any atom is 0.271 e. The first-order valence-electron chi connectivity index (χ1n) is 5.69. The summed E-state index contributed by atoms with van der Waals surface area (Å²) in [5.74, 6) is 0. The standard InChI is InChI=1S/C14H14N2O2/c1-11-4-2-5-12(8-11)10-15-13-6-3-7-14(9-13)16(17)18/h2-9,15H,10H2,1H3. The SMILES string of the molecule is Cc1cccc(CNc2cccc([N+](=O)[O-])c2)c1. The molecule has 0 fully saturated rings. The minimum atomic E-state index is -0.391. The molecule has 2 aromatic carbocycles. The average Bonchev–Trinajstić information content (AvgIpc) is 2.37. The van der Waals surface area contributed by atoms with E-state index in [0.29, 0.717) is 6.54 Å². The van der Waals surface area contributed by atoms with Gasteiger partial charge in [-0.3, -0.25) is 10.1 Å². The van der Waals surface area contributed by atoms with E-state index in [1.54, 1.807) is 6.07 Å². The number of nitrogens with one attached hydrogen (secondary N) is 1. The fourth-order valence-corrected chi connectivity index (χ4v) is 1.76. The number of non-ortho nitro benzene ring substituents is 1. The summed E-state index contributed by atoms with van der Waals surface area (Å²) in [4.78, 5) is 10.3. The number of nitro benzene ring substituents is 1. The van der Waals surface area contributed by atoms with Crippen molar-refractivity contribution in [3.8, 4) is 0 Å². The Morgan fingerprint density at radius 2 is 1.94 bits per heavy atom. The van der Waals surface area contributed by atoms with Gasteiger partial charge in [0.1, 0.15) is 0 Å². The van der Waals surface area contributed by atoms with Crippen LogP contribution in [0.1, 0.15) is 11.1 Å². The minimum Gasteiger partial charge on any atom is -0.381 e.